The Hall–Kier alpha value is -5.00. The van der Waals surface area contributed by atoms with Gasteiger partial charge in [-0.2, -0.15) is 0 Å². The molecule has 2 heterocycles. The van der Waals surface area contributed by atoms with Crippen molar-refractivity contribution in [2.75, 3.05) is 34.5 Å². The second-order valence-corrected chi connectivity index (χ2v) is 12.5. The number of esters is 1. The Kier molecular flexibility index (Phi) is 11.7. The number of thiazole rings is 1. The van der Waals surface area contributed by atoms with E-state index in [4.69, 9.17) is 45.0 Å². The van der Waals surface area contributed by atoms with Crippen LogP contribution in [0.25, 0.3) is 6.08 Å². The zero-order valence-electron chi connectivity index (χ0n) is 28.8. The highest BCUT2D eigenvalue weighted by atomic mass is 35.5. The summed E-state index contributed by atoms with van der Waals surface area (Å²) in [6.07, 6.45) is 4.05. The van der Waals surface area contributed by atoms with Crippen molar-refractivity contribution in [2.24, 2.45) is 4.99 Å². The van der Waals surface area contributed by atoms with Crippen molar-refractivity contribution in [3.05, 3.63) is 119 Å². The van der Waals surface area contributed by atoms with Crippen molar-refractivity contribution in [3.8, 4) is 28.7 Å². The summed E-state index contributed by atoms with van der Waals surface area (Å²) >= 11 is 7.61. The van der Waals surface area contributed by atoms with Gasteiger partial charge in [-0.3, -0.25) is 9.36 Å². The molecule has 1 atom stereocenters. The van der Waals surface area contributed by atoms with E-state index in [0.29, 0.717) is 73.0 Å². The summed E-state index contributed by atoms with van der Waals surface area (Å²) in [6, 6.07) is 13.8. The van der Waals surface area contributed by atoms with Crippen molar-refractivity contribution in [1.29, 1.82) is 0 Å². The minimum atomic E-state index is -0.892. The van der Waals surface area contributed by atoms with Gasteiger partial charge >= 0.3 is 5.97 Å². The van der Waals surface area contributed by atoms with E-state index in [1.165, 1.54) is 37.2 Å². The minimum Gasteiger partial charge on any atom is -0.493 e. The maximum Gasteiger partial charge on any atom is 0.338 e. The van der Waals surface area contributed by atoms with Crippen LogP contribution in [0.4, 0.5) is 0 Å². The Morgan fingerprint density at radius 2 is 1.68 bits per heavy atom. The van der Waals surface area contributed by atoms with E-state index < -0.39 is 12.0 Å². The fourth-order valence-electron chi connectivity index (χ4n) is 5.78. The van der Waals surface area contributed by atoms with E-state index in [-0.39, 0.29) is 24.3 Å². The van der Waals surface area contributed by atoms with Gasteiger partial charge < -0.3 is 28.4 Å². The van der Waals surface area contributed by atoms with Crippen molar-refractivity contribution >= 4 is 35.0 Å². The lowest BCUT2D eigenvalue weighted by atomic mass is 9.95. The van der Waals surface area contributed by atoms with Gasteiger partial charge in [0.25, 0.3) is 5.56 Å². The Labute approximate surface area is 299 Å². The van der Waals surface area contributed by atoms with Gasteiger partial charge in [-0.1, -0.05) is 47.2 Å². The number of fused-ring (bicyclic) bond motifs is 1. The van der Waals surface area contributed by atoms with E-state index >= 15 is 0 Å². The summed E-state index contributed by atoms with van der Waals surface area (Å²) in [5, 5.41) is 0.605. The highest BCUT2D eigenvalue weighted by molar-refractivity contribution is 7.07. The molecule has 1 aliphatic rings. The smallest absolute Gasteiger partial charge is 0.338 e. The third-order valence-electron chi connectivity index (χ3n) is 7.97. The molecule has 50 heavy (non-hydrogen) atoms. The minimum absolute atomic E-state index is 0.148. The predicted octanol–water partition coefficient (Wildman–Crippen LogP) is 6.18. The van der Waals surface area contributed by atoms with Gasteiger partial charge in [0.05, 0.1) is 56.4 Å². The molecule has 262 valence electrons. The maximum absolute atomic E-state index is 14.4. The number of rotatable bonds is 14. The number of methoxy groups -OCH3 is 3. The summed E-state index contributed by atoms with van der Waals surface area (Å²) < 4.78 is 36.5. The van der Waals surface area contributed by atoms with Gasteiger partial charge in [0.2, 0.25) is 5.75 Å². The Bertz CT molecular complexity index is 2110. The molecule has 0 saturated heterocycles. The van der Waals surface area contributed by atoms with E-state index in [0.717, 1.165) is 11.1 Å². The van der Waals surface area contributed by atoms with E-state index in [1.54, 1.807) is 38.1 Å². The second-order valence-electron chi connectivity index (χ2n) is 11.1. The molecule has 4 aromatic rings. The highest BCUT2D eigenvalue weighted by Crippen LogP contribution is 2.42. The molecule has 0 unspecified atom stereocenters. The first-order valence-electron chi connectivity index (χ1n) is 16.0. The summed E-state index contributed by atoms with van der Waals surface area (Å²) in [5.74, 6) is 1.64. The molecule has 0 amide bonds. The SMILES string of the molecule is C=CCc1cc(/C=c2/sc3n(c2=O)[C@H](c2cc(OC)c(OC)c(OC)c2)C(C(=O)OCC)=C(C)N=3)cc(OCC)c1OCc1ccccc1Cl. The first-order valence-corrected chi connectivity index (χ1v) is 17.1. The monoisotopic (exact) mass is 718 g/mol. The topological polar surface area (TPSA) is 107 Å². The first-order chi connectivity index (χ1) is 24.2. The number of carbonyl (C=O) groups excluding carboxylic acids is 1. The molecule has 0 aliphatic carbocycles. The van der Waals surface area contributed by atoms with Gasteiger partial charge in [0.1, 0.15) is 6.61 Å². The third kappa shape index (κ3) is 7.29. The van der Waals surface area contributed by atoms with Crippen LogP contribution in [0.1, 0.15) is 49.1 Å². The quantitative estimate of drug-likeness (QED) is 0.112. The molecule has 10 nitrogen and oxygen atoms in total. The summed E-state index contributed by atoms with van der Waals surface area (Å²) in [7, 11) is 4.51. The predicted molar refractivity (Wildman–Crippen MR) is 194 cm³/mol. The average molecular weight is 719 g/mol. The Balaban J connectivity index is 1.68. The zero-order chi connectivity index (χ0) is 35.9. The first kappa shape index (κ1) is 36.3. The molecule has 1 aromatic heterocycles. The van der Waals surface area contributed by atoms with Gasteiger partial charge in [0, 0.05) is 16.1 Å². The number of allylic oxidation sites excluding steroid dienone is 2. The van der Waals surface area contributed by atoms with Crippen LogP contribution in [0.5, 0.6) is 28.7 Å². The molecule has 1 aliphatic heterocycles. The van der Waals surface area contributed by atoms with E-state index in [2.05, 4.69) is 6.58 Å². The fourth-order valence-corrected chi connectivity index (χ4v) is 7.02. The number of aromatic nitrogens is 1. The van der Waals surface area contributed by atoms with Gasteiger partial charge in [-0.15, -0.1) is 6.58 Å². The summed E-state index contributed by atoms with van der Waals surface area (Å²) in [5.41, 5.74) is 3.25. The number of carbonyl (C=O) groups is 1. The molecule has 0 spiro atoms. The van der Waals surface area contributed by atoms with E-state index in [9.17, 15) is 9.59 Å². The number of hydrogen-bond acceptors (Lipinski definition) is 10. The molecule has 5 rings (SSSR count). The Morgan fingerprint density at radius 3 is 2.30 bits per heavy atom. The highest BCUT2D eigenvalue weighted by Gasteiger charge is 2.35. The van der Waals surface area contributed by atoms with Crippen molar-refractivity contribution in [2.45, 2.75) is 39.8 Å². The second kappa shape index (κ2) is 16.1. The Morgan fingerprint density at radius 1 is 0.960 bits per heavy atom. The maximum atomic E-state index is 14.4. The summed E-state index contributed by atoms with van der Waals surface area (Å²) in [4.78, 5) is 32.9. The summed E-state index contributed by atoms with van der Waals surface area (Å²) in [6.45, 7) is 10.1. The number of benzene rings is 3. The van der Waals surface area contributed by atoms with Crippen LogP contribution in [0.15, 0.2) is 82.2 Å². The zero-order valence-corrected chi connectivity index (χ0v) is 30.4. The normalized spacial score (nSPS) is 14.1. The molecule has 3 aromatic carbocycles. The molecule has 0 fully saturated rings. The van der Waals surface area contributed by atoms with Crippen LogP contribution in [0.2, 0.25) is 5.02 Å². The van der Waals surface area contributed by atoms with Crippen LogP contribution in [0.3, 0.4) is 0 Å². The van der Waals surface area contributed by atoms with Gasteiger partial charge in [-0.05, 0) is 74.7 Å². The molecule has 0 bridgehead atoms. The van der Waals surface area contributed by atoms with Gasteiger partial charge in [-0.25, -0.2) is 9.79 Å². The fraction of sp³-hybridized carbons (Fsp3) is 0.289. The number of ether oxygens (including phenoxy) is 6. The number of nitrogens with zero attached hydrogens (tertiary/aromatic N) is 2. The average Bonchev–Trinajstić information content (AvgIpc) is 3.40. The van der Waals surface area contributed by atoms with Crippen molar-refractivity contribution < 1.29 is 33.2 Å². The molecular weight excluding hydrogens is 680 g/mol. The lowest BCUT2D eigenvalue weighted by Crippen LogP contribution is -2.40. The number of halogens is 1. The van der Waals surface area contributed by atoms with Crippen LogP contribution in [0, 0.1) is 0 Å². The van der Waals surface area contributed by atoms with Crippen LogP contribution in [-0.4, -0.2) is 45.1 Å². The number of hydrogen-bond donors (Lipinski definition) is 0. The lowest BCUT2D eigenvalue weighted by molar-refractivity contribution is -0.139. The standard InChI is InChI=1S/C38H39ClN2O8S/c1-8-13-24-16-23(17-30(47-9-2)34(24)49-21-25-14-11-12-15-27(25)39)18-31-36(42)41-33(26-19-28(44-5)35(46-7)29(20-26)45-6)32(37(43)48-10-3)22(4)40-38(41)50-31/h8,11-12,14-20,33H,1,9-10,13,21H2,2-7H3/b31-18+/t33-/m1/s1. The molecule has 0 N–H and O–H groups in total. The van der Waals surface area contributed by atoms with Crippen molar-refractivity contribution in [1.82, 2.24) is 4.57 Å². The lowest BCUT2D eigenvalue weighted by Gasteiger charge is -2.26. The van der Waals surface area contributed by atoms with Crippen molar-refractivity contribution in [3.63, 3.8) is 0 Å². The van der Waals surface area contributed by atoms with Crippen LogP contribution >= 0.6 is 22.9 Å². The molecule has 0 saturated carbocycles. The van der Waals surface area contributed by atoms with Gasteiger partial charge in [0.15, 0.2) is 27.8 Å². The molecule has 12 heteroatoms. The molecule has 0 radical (unpaired) electrons. The van der Waals surface area contributed by atoms with E-state index in [1.807, 2.05) is 43.3 Å². The molecular formula is C38H39ClN2O8S. The van der Waals surface area contributed by atoms with Crippen LogP contribution < -0.4 is 38.6 Å². The third-order valence-corrected chi connectivity index (χ3v) is 9.32. The largest absolute Gasteiger partial charge is 0.493 e. The van der Waals surface area contributed by atoms with Crippen LogP contribution in [-0.2, 0) is 22.6 Å².